The van der Waals surface area contributed by atoms with Gasteiger partial charge in [-0.15, -0.1) is 11.3 Å². The molecule has 1 aromatic heterocycles. The van der Waals surface area contributed by atoms with Crippen molar-refractivity contribution in [1.82, 2.24) is 20.5 Å². The van der Waals surface area contributed by atoms with Crippen LogP contribution in [-0.4, -0.2) is 55.5 Å². The zero-order valence-electron chi connectivity index (χ0n) is 15.0. The highest BCUT2D eigenvalue weighted by atomic mass is 32.1. The first-order chi connectivity index (χ1) is 11.6. The SMILES string of the molecule is CCNC(=NCC(=O)N(C)C)NCCCc1nc2c(s1)CCCC2. The molecule has 0 unspecified atom stereocenters. The van der Waals surface area contributed by atoms with Crippen molar-refractivity contribution in [3.8, 4) is 0 Å². The number of nitrogens with one attached hydrogen (secondary N) is 2. The molecule has 2 rings (SSSR count). The second-order valence-electron chi connectivity index (χ2n) is 6.20. The molecule has 0 spiro atoms. The summed E-state index contributed by atoms with van der Waals surface area (Å²) >= 11 is 1.89. The minimum Gasteiger partial charge on any atom is -0.357 e. The second kappa shape index (κ2) is 9.61. The fraction of sp³-hybridized carbons (Fsp3) is 0.706. The number of likely N-dealkylation sites (N-methyl/N-ethyl adjacent to an activating group) is 1. The van der Waals surface area contributed by atoms with Crippen molar-refractivity contribution in [1.29, 1.82) is 0 Å². The minimum absolute atomic E-state index is 0.000527. The van der Waals surface area contributed by atoms with Gasteiger partial charge in [0.05, 0.1) is 10.7 Å². The number of aryl methyl sites for hydroxylation is 3. The average Bonchev–Trinajstić information content (AvgIpc) is 2.98. The summed E-state index contributed by atoms with van der Waals surface area (Å²) in [6, 6.07) is 0. The molecule has 6 nitrogen and oxygen atoms in total. The standard InChI is InChI=1S/C17H29N5OS/c1-4-18-17(20-12-16(23)22(2)3)19-11-7-10-15-21-13-8-5-6-9-14(13)24-15/h4-12H2,1-3H3,(H2,18,19,20). The van der Waals surface area contributed by atoms with Crippen molar-refractivity contribution < 1.29 is 4.79 Å². The lowest BCUT2D eigenvalue weighted by atomic mass is 10.0. The molecule has 7 heteroatoms. The molecule has 1 aliphatic rings. The van der Waals surface area contributed by atoms with Gasteiger partial charge >= 0.3 is 0 Å². The summed E-state index contributed by atoms with van der Waals surface area (Å²) < 4.78 is 0. The van der Waals surface area contributed by atoms with Crippen molar-refractivity contribution in [3.63, 3.8) is 0 Å². The molecule has 0 saturated carbocycles. The van der Waals surface area contributed by atoms with Gasteiger partial charge in [-0.05, 0) is 39.0 Å². The van der Waals surface area contributed by atoms with Crippen LogP contribution in [0.3, 0.4) is 0 Å². The summed E-state index contributed by atoms with van der Waals surface area (Å²) in [7, 11) is 3.48. The Kier molecular flexibility index (Phi) is 7.49. The zero-order chi connectivity index (χ0) is 17.4. The fourth-order valence-electron chi connectivity index (χ4n) is 2.59. The van der Waals surface area contributed by atoms with Crippen LogP contribution < -0.4 is 10.6 Å². The molecule has 1 aliphatic carbocycles. The van der Waals surface area contributed by atoms with E-state index in [0.29, 0.717) is 5.96 Å². The van der Waals surface area contributed by atoms with Crippen LogP contribution in [0.15, 0.2) is 4.99 Å². The molecule has 134 valence electrons. The summed E-state index contributed by atoms with van der Waals surface area (Å²) in [6.07, 6.45) is 6.97. The summed E-state index contributed by atoms with van der Waals surface area (Å²) in [4.78, 5) is 23.8. The Labute approximate surface area is 148 Å². The Hall–Kier alpha value is -1.63. The van der Waals surface area contributed by atoms with Crippen LogP contribution in [0, 0.1) is 0 Å². The van der Waals surface area contributed by atoms with Crippen LogP contribution >= 0.6 is 11.3 Å². The van der Waals surface area contributed by atoms with E-state index in [9.17, 15) is 4.79 Å². The molecule has 0 bridgehead atoms. The fourth-order valence-corrected chi connectivity index (χ4v) is 3.79. The maximum Gasteiger partial charge on any atom is 0.243 e. The van der Waals surface area contributed by atoms with Crippen molar-refractivity contribution in [2.24, 2.45) is 4.99 Å². The van der Waals surface area contributed by atoms with E-state index in [4.69, 9.17) is 4.98 Å². The molecule has 0 aliphatic heterocycles. The van der Waals surface area contributed by atoms with E-state index in [1.165, 1.54) is 34.8 Å². The predicted octanol–water partition coefficient (Wildman–Crippen LogP) is 1.60. The van der Waals surface area contributed by atoms with Gasteiger partial charge in [-0.1, -0.05) is 0 Å². The number of amides is 1. The van der Waals surface area contributed by atoms with E-state index in [2.05, 4.69) is 15.6 Å². The smallest absolute Gasteiger partial charge is 0.243 e. The lowest BCUT2D eigenvalue weighted by Crippen LogP contribution is -2.39. The molecule has 1 amide bonds. The number of aliphatic imine (C=N–C) groups is 1. The third-order valence-corrected chi connectivity index (χ3v) is 5.18. The van der Waals surface area contributed by atoms with Gasteiger partial charge < -0.3 is 15.5 Å². The van der Waals surface area contributed by atoms with Crippen molar-refractivity contribution in [2.75, 3.05) is 33.7 Å². The number of carbonyl (C=O) groups is 1. The Balaban J connectivity index is 1.75. The molecule has 0 fully saturated rings. The van der Waals surface area contributed by atoms with E-state index in [1.807, 2.05) is 18.3 Å². The van der Waals surface area contributed by atoms with Crippen molar-refractivity contribution in [3.05, 3.63) is 15.6 Å². The van der Waals surface area contributed by atoms with Gasteiger partial charge in [0.1, 0.15) is 6.54 Å². The topological polar surface area (TPSA) is 69.6 Å². The number of fused-ring (bicyclic) bond motifs is 1. The number of hydrogen-bond donors (Lipinski definition) is 2. The number of thiazole rings is 1. The highest BCUT2D eigenvalue weighted by Gasteiger charge is 2.14. The summed E-state index contributed by atoms with van der Waals surface area (Å²) in [5, 5.41) is 7.72. The quantitative estimate of drug-likeness (QED) is 0.445. The Morgan fingerprint density at radius 2 is 2.08 bits per heavy atom. The highest BCUT2D eigenvalue weighted by molar-refractivity contribution is 7.11. The van der Waals surface area contributed by atoms with Crippen LogP contribution in [-0.2, 0) is 24.1 Å². The number of carbonyl (C=O) groups excluding carboxylic acids is 1. The number of aromatic nitrogens is 1. The van der Waals surface area contributed by atoms with Crippen molar-refractivity contribution >= 4 is 23.2 Å². The molecule has 0 radical (unpaired) electrons. The maximum atomic E-state index is 11.6. The van der Waals surface area contributed by atoms with E-state index >= 15 is 0 Å². The lowest BCUT2D eigenvalue weighted by Gasteiger charge is -2.12. The van der Waals surface area contributed by atoms with E-state index in [1.54, 1.807) is 19.0 Å². The number of guanidine groups is 1. The normalized spacial score (nSPS) is 14.2. The van der Waals surface area contributed by atoms with Gasteiger partial charge in [0, 0.05) is 38.5 Å². The monoisotopic (exact) mass is 351 g/mol. The van der Waals surface area contributed by atoms with E-state index in [-0.39, 0.29) is 12.5 Å². The molecular weight excluding hydrogens is 322 g/mol. The average molecular weight is 352 g/mol. The molecule has 24 heavy (non-hydrogen) atoms. The first-order valence-corrected chi connectivity index (χ1v) is 9.61. The predicted molar refractivity (Wildman–Crippen MR) is 99.8 cm³/mol. The zero-order valence-corrected chi connectivity index (χ0v) is 15.8. The van der Waals surface area contributed by atoms with E-state index in [0.717, 1.165) is 32.4 Å². The summed E-state index contributed by atoms with van der Waals surface area (Å²) in [6.45, 7) is 3.79. The molecule has 0 aromatic carbocycles. The number of rotatable bonds is 7. The Bertz CT molecular complexity index is 544. The highest BCUT2D eigenvalue weighted by Crippen LogP contribution is 2.27. The van der Waals surface area contributed by atoms with Gasteiger partial charge in [0.15, 0.2) is 5.96 Å². The lowest BCUT2D eigenvalue weighted by molar-refractivity contribution is -0.127. The number of hydrogen-bond acceptors (Lipinski definition) is 4. The van der Waals surface area contributed by atoms with Crippen LogP contribution in [0.2, 0.25) is 0 Å². The molecule has 2 N–H and O–H groups in total. The molecule has 0 atom stereocenters. The minimum atomic E-state index is 0.000527. The van der Waals surface area contributed by atoms with Crippen molar-refractivity contribution in [2.45, 2.75) is 45.4 Å². The maximum absolute atomic E-state index is 11.6. The molecule has 1 heterocycles. The van der Waals surface area contributed by atoms with Gasteiger partial charge in [-0.2, -0.15) is 0 Å². The second-order valence-corrected chi connectivity index (χ2v) is 7.37. The molecule has 0 saturated heterocycles. The molecular formula is C17H29N5OS. The van der Waals surface area contributed by atoms with Gasteiger partial charge in [0.25, 0.3) is 0 Å². The third kappa shape index (κ3) is 5.78. The van der Waals surface area contributed by atoms with Crippen LogP contribution in [0.1, 0.15) is 41.8 Å². The van der Waals surface area contributed by atoms with Crippen LogP contribution in [0.25, 0.3) is 0 Å². The summed E-state index contributed by atoms with van der Waals surface area (Å²) in [5.41, 5.74) is 1.34. The van der Waals surface area contributed by atoms with Gasteiger partial charge in [-0.3, -0.25) is 4.79 Å². The number of nitrogens with zero attached hydrogens (tertiary/aromatic N) is 3. The van der Waals surface area contributed by atoms with Crippen LogP contribution in [0.5, 0.6) is 0 Å². The first-order valence-electron chi connectivity index (χ1n) is 8.80. The van der Waals surface area contributed by atoms with Crippen LogP contribution in [0.4, 0.5) is 0 Å². The Morgan fingerprint density at radius 3 is 2.79 bits per heavy atom. The Morgan fingerprint density at radius 1 is 1.29 bits per heavy atom. The van der Waals surface area contributed by atoms with Gasteiger partial charge in [0.2, 0.25) is 5.91 Å². The van der Waals surface area contributed by atoms with E-state index < -0.39 is 0 Å². The molecule has 1 aromatic rings. The largest absolute Gasteiger partial charge is 0.357 e. The first kappa shape index (κ1) is 18.7. The van der Waals surface area contributed by atoms with Gasteiger partial charge in [-0.25, -0.2) is 9.98 Å². The summed E-state index contributed by atoms with van der Waals surface area (Å²) in [5.74, 6) is 0.701. The third-order valence-electron chi connectivity index (χ3n) is 3.97.